The van der Waals surface area contributed by atoms with Gasteiger partial charge < -0.3 is 10.1 Å². The van der Waals surface area contributed by atoms with Crippen LogP contribution in [0.4, 0.5) is 0 Å². The van der Waals surface area contributed by atoms with Crippen molar-refractivity contribution < 1.29 is 9.53 Å². The summed E-state index contributed by atoms with van der Waals surface area (Å²) >= 11 is 1.57. The van der Waals surface area contributed by atoms with Crippen molar-refractivity contribution >= 4 is 17.2 Å². The molecule has 4 rings (SSSR count). The molecule has 0 aliphatic carbocycles. The van der Waals surface area contributed by atoms with Crippen LogP contribution in [0, 0.1) is 5.92 Å². The van der Waals surface area contributed by atoms with Crippen LogP contribution in [0.1, 0.15) is 48.2 Å². The predicted octanol–water partition coefficient (Wildman–Crippen LogP) is 3.73. The van der Waals surface area contributed by atoms with Crippen molar-refractivity contribution in [1.29, 1.82) is 0 Å². The molecule has 0 radical (unpaired) electrons. The van der Waals surface area contributed by atoms with Crippen molar-refractivity contribution in [2.75, 3.05) is 6.61 Å². The van der Waals surface area contributed by atoms with Gasteiger partial charge in [0.1, 0.15) is 11.1 Å². The second-order valence-corrected chi connectivity index (χ2v) is 7.85. The molecule has 0 bridgehead atoms. The first-order chi connectivity index (χ1) is 13.8. The van der Waals surface area contributed by atoms with Gasteiger partial charge in [-0.1, -0.05) is 37.3 Å². The van der Waals surface area contributed by atoms with Gasteiger partial charge in [0.25, 0.3) is 0 Å². The van der Waals surface area contributed by atoms with Gasteiger partial charge in [-0.2, -0.15) is 5.10 Å². The highest BCUT2D eigenvalue weighted by Crippen LogP contribution is 2.35. The molecular formula is C21H24N4O2S. The molecule has 1 aliphatic heterocycles. The fourth-order valence-corrected chi connectivity index (χ4v) is 4.42. The molecule has 1 saturated heterocycles. The van der Waals surface area contributed by atoms with Crippen LogP contribution in [0.25, 0.3) is 0 Å². The van der Waals surface area contributed by atoms with Crippen LogP contribution >= 0.6 is 11.3 Å². The summed E-state index contributed by atoms with van der Waals surface area (Å²) in [5.41, 5.74) is 2.12. The predicted molar refractivity (Wildman–Crippen MR) is 108 cm³/mol. The zero-order valence-electron chi connectivity index (χ0n) is 15.8. The standard InChI is InChI=1S/C21H24N4O2S/c1-2-17(21-22-11-13-28-21)24-20(26)16-9-12-27-19(16)18-8-10-23-25(18)14-15-6-4-3-5-7-15/h3-8,10-11,13,16-17,19H,2,9,12,14H2,1H3,(H,24,26)/t16-,17-,19-/m0/s1. The smallest absolute Gasteiger partial charge is 0.226 e. The first-order valence-corrected chi connectivity index (χ1v) is 10.5. The topological polar surface area (TPSA) is 69.0 Å². The first-order valence-electron chi connectivity index (χ1n) is 9.63. The molecule has 3 heterocycles. The highest BCUT2D eigenvalue weighted by atomic mass is 32.1. The Hall–Kier alpha value is -2.51. The van der Waals surface area contributed by atoms with E-state index in [1.165, 1.54) is 5.56 Å². The molecule has 1 aromatic carbocycles. The number of aromatic nitrogens is 3. The van der Waals surface area contributed by atoms with E-state index in [1.807, 2.05) is 34.3 Å². The van der Waals surface area contributed by atoms with Crippen LogP contribution in [0.2, 0.25) is 0 Å². The van der Waals surface area contributed by atoms with E-state index in [-0.39, 0.29) is 24.0 Å². The van der Waals surface area contributed by atoms with E-state index in [0.717, 1.165) is 17.1 Å². The molecule has 0 spiro atoms. The first kappa shape index (κ1) is 18.8. The summed E-state index contributed by atoms with van der Waals surface area (Å²) in [4.78, 5) is 17.4. The molecule has 2 aromatic heterocycles. The average Bonchev–Trinajstić information content (AvgIpc) is 3.47. The Morgan fingerprint density at radius 3 is 2.93 bits per heavy atom. The molecule has 6 nitrogen and oxygen atoms in total. The third kappa shape index (κ3) is 4.00. The summed E-state index contributed by atoms with van der Waals surface area (Å²) in [6, 6.07) is 12.1. The van der Waals surface area contributed by atoms with Gasteiger partial charge in [-0.15, -0.1) is 11.3 Å². The minimum Gasteiger partial charge on any atom is -0.371 e. The van der Waals surface area contributed by atoms with E-state index >= 15 is 0 Å². The average molecular weight is 397 g/mol. The Bertz CT molecular complexity index is 894. The van der Waals surface area contributed by atoms with Gasteiger partial charge in [-0.25, -0.2) is 4.98 Å². The quantitative estimate of drug-likeness (QED) is 0.661. The number of benzene rings is 1. The Labute approximate surface area is 168 Å². The molecule has 3 atom stereocenters. The van der Waals surface area contributed by atoms with Crippen molar-refractivity contribution in [2.45, 2.75) is 38.5 Å². The number of carbonyl (C=O) groups excluding carboxylic acids is 1. The maximum atomic E-state index is 13.0. The van der Waals surface area contributed by atoms with E-state index in [4.69, 9.17) is 4.74 Å². The minimum atomic E-state index is -0.278. The summed E-state index contributed by atoms with van der Waals surface area (Å²) < 4.78 is 7.91. The lowest BCUT2D eigenvalue weighted by molar-refractivity contribution is -0.127. The van der Waals surface area contributed by atoms with E-state index in [0.29, 0.717) is 19.6 Å². The third-order valence-corrected chi connectivity index (χ3v) is 6.01. The lowest BCUT2D eigenvalue weighted by Crippen LogP contribution is -2.35. The van der Waals surface area contributed by atoms with Gasteiger partial charge in [-0.05, 0) is 24.5 Å². The summed E-state index contributed by atoms with van der Waals surface area (Å²) in [6.45, 7) is 3.30. The second kappa shape index (κ2) is 8.67. The Kier molecular flexibility index (Phi) is 5.83. The van der Waals surface area contributed by atoms with Gasteiger partial charge >= 0.3 is 0 Å². The Morgan fingerprint density at radius 2 is 2.18 bits per heavy atom. The molecule has 0 saturated carbocycles. The van der Waals surface area contributed by atoms with Gasteiger partial charge in [0.2, 0.25) is 5.91 Å². The van der Waals surface area contributed by atoms with Crippen LogP contribution < -0.4 is 5.32 Å². The van der Waals surface area contributed by atoms with Crippen LogP contribution in [-0.4, -0.2) is 27.3 Å². The lowest BCUT2D eigenvalue weighted by Gasteiger charge is -2.22. The highest BCUT2D eigenvalue weighted by molar-refractivity contribution is 7.09. The van der Waals surface area contributed by atoms with Crippen molar-refractivity contribution in [2.24, 2.45) is 5.92 Å². The number of hydrogen-bond donors (Lipinski definition) is 1. The number of thiazole rings is 1. The zero-order chi connectivity index (χ0) is 19.3. The van der Waals surface area contributed by atoms with Gasteiger partial charge in [0.05, 0.1) is 24.2 Å². The molecule has 146 valence electrons. The summed E-state index contributed by atoms with van der Waals surface area (Å²) in [7, 11) is 0. The van der Waals surface area contributed by atoms with Crippen molar-refractivity contribution in [3.63, 3.8) is 0 Å². The largest absolute Gasteiger partial charge is 0.371 e. The molecule has 3 aromatic rings. The number of hydrogen-bond acceptors (Lipinski definition) is 5. The molecule has 0 unspecified atom stereocenters. The Morgan fingerprint density at radius 1 is 1.32 bits per heavy atom. The fraction of sp³-hybridized carbons (Fsp3) is 0.381. The van der Waals surface area contributed by atoms with E-state index in [1.54, 1.807) is 23.7 Å². The Balaban J connectivity index is 1.49. The number of nitrogens with one attached hydrogen (secondary N) is 1. The van der Waals surface area contributed by atoms with Crippen LogP contribution in [-0.2, 0) is 16.1 Å². The zero-order valence-corrected chi connectivity index (χ0v) is 16.6. The minimum absolute atomic E-state index is 0.0250. The van der Waals surface area contributed by atoms with Gasteiger partial charge in [-0.3, -0.25) is 9.48 Å². The van der Waals surface area contributed by atoms with E-state index in [2.05, 4.69) is 34.5 Å². The molecule has 1 N–H and O–H groups in total. The summed E-state index contributed by atoms with van der Waals surface area (Å²) in [6.07, 6.45) is 4.79. The highest BCUT2D eigenvalue weighted by Gasteiger charge is 2.38. The second-order valence-electron chi connectivity index (χ2n) is 6.93. The third-order valence-electron chi connectivity index (χ3n) is 5.12. The number of rotatable bonds is 7. The van der Waals surface area contributed by atoms with Crippen LogP contribution in [0.3, 0.4) is 0 Å². The SMILES string of the molecule is CC[C@H](NC(=O)[C@H]1CCO[C@@H]1c1ccnn1Cc1ccccc1)c1nccs1. The maximum Gasteiger partial charge on any atom is 0.226 e. The number of ether oxygens (including phenoxy) is 1. The molecule has 7 heteroatoms. The molecule has 1 amide bonds. The molecule has 1 fully saturated rings. The van der Waals surface area contributed by atoms with Crippen LogP contribution in [0.5, 0.6) is 0 Å². The van der Waals surface area contributed by atoms with Crippen molar-refractivity contribution in [3.8, 4) is 0 Å². The lowest BCUT2D eigenvalue weighted by atomic mass is 9.97. The van der Waals surface area contributed by atoms with E-state index in [9.17, 15) is 4.79 Å². The van der Waals surface area contributed by atoms with Gasteiger partial charge in [0, 0.05) is 24.4 Å². The van der Waals surface area contributed by atoms with E-state index < -0.39 is 0 Å². The van der Waals surface area contributed by atoms with Gasteiger partial charge in [0.15, 0.2) is 0 Å². The molecule has 1 aliphatic rings. The van der Waals surface area contributed by atoms with Crippen molar-refractivity contribution in [1.82, 2.24) is 20.1 Å². The number of carbonyl (C=O) groups is 1. The normalized spacial score (nSPS) is 20.2. The number of nitrogens with zero attached hydrogens (tertiary/aromatic N) is 3. The van der Waals surface area contributed by atoms with Crippen molar-refractivity contribution in [3.05, 3.63) is 70.4 Å². The molecular weight excluding hydrogens is 372 g/mol. The summed E-state index contributed by atoms with van der Waals surface area (Å²) in [5.74, 6) is -0.197. The molecule has 28 heavy (non-hydrogen) atoms. The monoisotopic (exact) mass is 396 g/mol. The number of amides is 1. The maximum absolute atomic E-state index is 13.0. The van der Waals surface area contributed by atoms with Crippen LogP contribution in [0.15, 0.2) is 54.2 Å². The fourth-order valence-electron chi connectivity index (χ4n) is 3.65. The summed E-state index contributed by atoms with van der Waals surface area (Å²) in [5, 5.41) is 10.5.